The maximum absolute atomic E-state index is 6.16. The summed E-state index contributed by atoms with van der Waals surface area (Å²) >= 11 is 6.16. The van der Waals surface area contributed by atoms with E-state index in [4.69, 9.17) is 11.6 Å². The van der Waals surface area contributed by atoms with Gasteiger partial charge in [-0.15, -0.1) is 0 Å². The van der Waals surface area contributed by atoms with Crippen molar-refractivity contribution in [1.29, 1.82) is 0 Å². The maximum Gasteiger partial charge on any atom is 0.193 e. The predicted molar refractivity (Wildman–Crippen MR) is 108 cm³/mol. The first-order chi connectivity index (χ1) is 12.4. The molecule has 1 aromatic carbocycles. The van der Waals surface area contributed by atoms with Crippen LogP contribution in [-0.2, 0) is 12.5 Å². The third-order valence-electron chi connectivity index (χ3n) is 5.19. The van der Waals surface area contributed by atoms with Crippen LogP contribution in [0.3, 0.4) is 0 Å². The zero-order chi connectivity index (χ0) is 18.7. The summed E-state index contributed by atoms with van der Waals surface area (Å²) in [4.78, 5) is 6.84. The van der Waals surface area contributed by atoms with Gasteiger partial charge in [0.25, 0.3) is 0 Å². The highest BCUT2D eigenvalue weighted by Gasteiger charge is 2.28. The van der Waals surface area contributed by atoms with E-state index < -0.39 is 0 Å². The molecule has 1 fully saturated rings. The second-order valence-electron chi connectivity index (χ2n) is 7.67. The predicted octanol–water partition coefficient (Wildman–Crippen LogP) is 3.42. The van der Waals surface area contributed by atoms with E-state index in [1.165, 1.54) is 11.1 Å². The van der Waals surface area contributed by atoms with Gasteiger partial charge in [0, 0.05) is 56.3 Å². The van der Waals surface area contributed by atoms with Crippen LogP contribution >= 0.6 is 11.6 Å². The monoisotopic (exact) mass is 373 g/mol. The molecule has 2 aromatic rings. The molecule has 0 amide bonds. The number of nitrogens with one attached hydrogen (secondary N) is 1. The number of rotatable bonds is 4. The van der Waals surface area contributed by atoms with E-state index in [1.807, 2.05) is 43.2 Å². The van der Waals surface area contributed by atoms with Crippen molar-refractivity contribution in [2.45, 2.75) is 31.6 Å². The molecule has 6 heteroatoms. The van der Waals surface area contributed by atoms with Gasteiger partial charge in [-0.05, 0) is 29.7 Å². The van der Waals surface area contributed by atoms with Gasteiger partial charge in [-0.25, -0.2) is 0 Å². The molecule has 0 saturated carbocycles. The molecule has 140 valence electrons. The van der Waals surface area contributed by atoms with Crippen LogP contribution in [0.2, 0.25) is 5.02 Å². The lowest BCUT2D eigenvalue weighted by molar-refractivity contribution is 0.454. The van der Waals surface area contributed by atoms with E-state index in [0.717, 1.165) is 37.0 Å². The Morgan fingerprint density at radius 3 is 2.88 bits per heavy atom. The topological polar surface area (TPSA) is 45.5 Å². The summed E-state index contributed by atoms with van der Waals surface area (Å²) in [5.41, 5.74) is 2.50. The average Bonchev–Trinajstić information content (AvgIpc) is 3.24. The molecule has 5 nitrogen and oxygen atoms in total. The van der Waals surface area contributed by atoms with Gasteiger partial charge in [0.15, 0.2) is 5.96 Å². The quantitative estimate of drug-likeness (QED) is 0.659. The lowest BCUT2D eigenvalue weighted by Gasteiger charge is -2.29. The van der Waals surface area contributed by atoms with Crippen LogP contribution in [0, 0.1) is 0 Å². The van der Waals surface area contributed by atoms with E-state index in [9.17, 15) is 0 Å². The van der Waals surface area contributed by atoms with E-state index >= 15 is 0 Å². The number of aliphatic imine (C=N–C) groups is 1. The zero-order valence-electron chi connectivity index (χ0n) is 16.0. The van der Waals surface area contributed by atoms with Crippen molar-refractivity contribution >= 4 is 17.6 Å². The standard InChI is InChI=1S/C20H28ClN5/c1-20(2,17-6-5-7-18(21)10-17)14-23-19(22-3)26-9-8-15(13-26)16-11-24-25(4)12-16/h5-7,10-12,15H,8-9,13-14H2,1-4H3,(H,22,23). The SMILES string of the molecule is CN=C(NCC(C)(C)c1cccc(Cl)c1)N1CCC(c2cnn(C)c2)C1. The molecule has 2 heterocycles. The van der Waals surface area contributed by atoms with Crippen molar-refractivity contribution in [3.63, 3.8) is 0 Å². The molecule has 1 aromatic heterocycles. The highest BCUT2D eigenvalue weighted by molar-refractivity contribution is 6.30. The molecule has 1 aliphatic rings. The van der Waals surface area contributed by atoms with Crippen LogP contribution in [0.15, 0.2) is 41.7 Å². The fourth-order valence-corrected chi connectivity index (χ4v) is 3.71. The molecule has 0 radical (unpaired) electrons. The van der Waals surface area contributed by atoms with Crippen LogP contribution in [-0.4, -0.2) is 47.3 Å². The molecule has 3 rings (SSSR count). The molecule has 26 heavy (non-hydrogen) atoms. The Bertz CT molecular complexity index is 780. The molecule has 1 saturated heterocycles. The highest BCUT2D eigenvalue weighted by atomic mass is 35.5. The van der Waals surface area contributed by atoms with Gasteiger partial charge in [-0.3, -0.25) is 9.67 Å². The summed E-state index contributed by atoms with van der Waals surface area (Å²) in [5.74, 6) is 1.48. The number of hydrogen-bond donors (Lipinski definition) is 1. The van der Waals surface area contributed by atoms with E-state index in [-0.39, 0.29) is 5.41 Å². The summed E-state index contributed by atoms with van der Waals surface area (Å²) in [6, 6.07) is 8.09. The zero-order valence-corrected chi connectivity index (χ0v) is 16.8. The fraction of sp³-hybridized carbons (Fsp3) is 0.500. The fourth-order valence-electron chi connectivity index (χ4n) is 3.52. The van der Waals surface area contributed by atoms with Crippen LogP contribution < -0.4 is 5.32 Å². The van der Waals surface area contributed by atoms with Crippen LogP contribution in [0.1, 0.15) is 37.3 Å². The van der Waals surface area contributed by atoms with Crippen LogP contribution in [0.25, 0.3) is 0 Å². The summed E-state index contributed by atoms with van der Waals surface area (Å²) in [5, 5.41) is 8.64. The molecule has 1 N–H and O–H groups in total. The van der Waals surface area contributed by atoms with Crippen LogP contribution in [0.5, 0.6) is 0 Å². The molecular weight excluding hydrogens is 346 g/mol. The van der Waals surface area contributed by atoms with E-state index in [0.29, 0.717) is 5.92 Å². The van der Waals surface area contributed by atoms with Crippen molar-refractivity contribution in [3.05, 3.63) is 52.8 Å². The first-order valence-corrected chi connectivity index (χ1v) is 9.47. The summed E-state index contributed by atoms with van der Waals surface area (Å²) in [7, 11) is 3.82. The molecule has 1 atom stereocenters. The van der Waals surface area contributed by atoms with Crippen molar-refractivity contribution in [2.24, 2.45) is 12.0 Å². The number of halogens is 1. The number of benzene rings is 1. The largest absolute Gasteiger partial charge is 0.355 e. The minimum atomic E-state index is -0.0384. The lowest BCUT2D eigenvalue weighted by atomic mass is 9.84. The Morgan fingerprint density at radius 2 is 2.23 bits per heavy atom. The lowest BCUT2D eigenvalue weighted by Crippen LogP contribution is -2.45. The second-order valence-corrected chi connectivity index (χ2v) is 8.11. The first kappa shape index (κ1) is 18.8. The molecule has 0 spiro atoms. The number of aromatic nitrogens is 2. The third kappa shape index (κ3) is 4.21. The van der Waals surface area contributed by atoms with Crippen molar-refractivity contribution in [1.82, 2.24) is 20.0 Å². The Morgan fingerprint density at radius 1 is 1.42 bits per heavy atom. The van der Waals surface area contributed by atoms with Gasteiger partial charge in [0.2, 0.25) is 0 Å². The minimum Gasteiger partial charge on any atom is -0.355 e. The first-order valence-electron chi connectivity index (χ1n) is 9.09. The average molecular weight is 374 g/mol. The molecule has 0 bridgehead atoms. The normalized spacial score (nSPS) is 18.4. The Kier molecular flexibility index (Phi) is 5.56. The number of hydrogen-bond acceptors (Lipinski definition) is 2. The van der Waals surface area contributed by atoms with E-state index in [1.54, 1.807) is 0 Å². The number of nitrogens with zero attached hydrogens (tertiary/aromatic N) is 4. The van der Waals surface area contributed by atoms with E-state index in [2.05, 4.69) is 46.4 Å². The molecule has 1 unspecified atom stereocenters. The molecule has 0 aliphatic carbocycles. The second kappa shape index (κ2) is 7.70. The Labute approximate surface area is 161 Å². The van der Waals surface area contributed by atoms with Crippen molar-refractivity contribution < 1.29 is 0 Å². The smallest absolute Gasteiger partial charge is 0.193 e. The van der Waals surface area contributed by atoms with Gasteiger partial charge in [0.1, 0.15) is 0 Å². The number of likely N-dealkylation sites (tertiary alicyclic amines) is 1. The number of guanidine groups is 1. The van der Waals surface area contributed by atoms with Crippen molar-refractivity contribution in [2.75, 3.05) is 26.7 Å². The minimum absolute atomic E-state index is 0.0384. The van der Waals surface area contributed by atoms with Crippen molar-refractivity contribution in [3.8, 4) is 0 Å². The number of aryl methyl sites for hydroxylation is 1. The van der Waals surface area contributed by atoms with Crippen LogP contribution in [0.4, 0.5) is 0 Å². The van der Waals surface area contributed by atoms with Gasteiger partial charge >= 0.3 is 0 Å². The molecule has 1 aliphatic heterocycles. The van der Waals surface area contributed by atoms with Gasteiger partial charge < -0.3 is 10.2 Å². The highest BCUT2D eigenvalue weighted by Crippen LogP contribution is 2.28. The Balaban J connectivity index is 1.61. The van der Waals surface area contributed by atoms with Gasteiger partial charge in [0.05, 0.1) is 6.20 Å². The Hall–Kier alpha value is -2.01. The maximum atomic E-state index is 6.16. The summed E-state index contributed by atoms with van der Waals surface area (Å²) in [6.45, 7) is 7.23. The summed E-state index contributed by atoms with van der Waals surface area (Å²) < 4.78 is 1.87. The summed E-state index contributed by atoms with van der Waals surface area (Å²) in [6.07, 6.45) is 5.23. The molecular formula is C20H28ClN5. The van der Waals surface area contributed by atoms with Gasteiger partial charge in [-0.1, -0.05) is 37.6 Å². The van der Waals surface area contributed by atoms with Gasteiger partial charge in [-0.2, -0.15) is 5.10 Å². The third-order valence-corrected chi connectivity index (χ3v) is 5.43.